The quantitative estimate of drug-likeness (QED) is 0.525. The van der Waals surface area contributed by atoms with Crippen molar-refractivity contribution in [3.8, 4) is 0 Å². The Kier molecular flexibility index (Phi) is 5.42. The van der Waals surface area contributed by atoms with Crippen molar-refractivity contribution in [2.75, 3.05) is 26.1 Å². The van der Waals surface area contributed by atoms with E-state index in [1.54, 1.807) is 22.3 Å². The van der Waals surface area contributed by atoms with E-state index >= 15 is 0 Å². The smallest absolute Gasteiger partial charge is 0.265 e. The molecule has 0 atom stereocenters. The maximum atomic E-state index is 12.1. The summed E-state index contributed by atoms with van der Waals surface area (Å²) in [4.78, 5) is 42.3. The van der Waals surface area contributed by atoms with Crippen molar-refractivity contribution in [2.45, 2.75) is 13.0 Å². The van der Waals surface area contributed by atoms with E-state index in [9.17, 15) is 19.7 Å². The van der Waals surface area contributed by atoms with Gasteiger partial charge in [-0.2, -0.15) is 0 Å². The minimum atomic E-state index is -0.814. The zero-order valence-electron chi connectivity index (χ0n) is 13.4. The van der Waals surface area contributed by atoms with Crippen LogP contribution in [0.2, 0.25) is 0 Å². The molecule has 0 aliphatic heterocycles. The highest BCUT2D eigenvalue weighted by atomic mass is 16.7. The fraction of sp³-hybridized carbons (Fsp3) is 0.357. The lowest BCUT2D eigenvalue weighted by atomic mass is 10.1. The van der Waals surface area contributed by atoms with E-state index in [1.165, 1.54) is 12.3 Å². The van der Waals surface area contributed by atoms with Gasteiger partial charge in [0.1, 0.15) is 0 Å². The number of pyridine rings is 1. The van der Waals surface area contributed by atoms with E-state index in [1.807, 2.05) is 19.0 Å². The minimum absolute atomic E-state index is 0.148. The van der Waals surface area contributed by atoms with Gasteiger partial charge in [0.25, 0.3) is 17.1 Å². The number of rotatable bonds is 7. The molecule has 0 spiro atoms. The van der Waals surface area contributed by atoms with Gasteiger partial charge in [-0.15, -0.1) is 0 Å². The molecule has 0 fully saturated rings. The zero-order chi connectivity index (χ0) is 17.7. The summed E-state index contributed by atoms with van der Waals surface area (Å²) in [5.41, 5.74) is 2.12. The van der Waals surface area contributed by atoms with E-state index in [4.69, 9.17) is 0 Å². The number of aromatic nitrogens is 3. The van der Waals surface area contributed by atoms with E-state index < -0.39 is 10.6 Å². The Balaban J connectivity index is 2.14. The Bertz CT molecular complexity index is 842. The Morgan fingerprint density at radius 3 is 2.75 bits per heavy atom. The number of aromatic amines is 1. The van der Waals surface area contributed by atoms with Gasteiger partial charge in [-0.1, -0.05) is 5.43 Å². The molecule has 0 amide bonds. The van der Waals surface area contributed by atoms with Crippen LogP contribution in [0.15, 0.2) is 34.1 Å². The highest BCUT2D eigenvalue weighted by Gasteiger charge is 2.08. The van der Waals surface area contributed by atoms with Gasteiger partial charge in [0, 0.05) is 43.5 Å². The SMILES string of the molecule is CN(C)CCn1ccc(Cc2cnc(N[N+](=O)[O-])[nH]c2=O)cc1=O. The Morgan fingerprint density at radius 1 is 1.42 bits per heavy atom. The van der Waals surface area contributed by atoms with Crippen LogP contribution < -0.4 is 16.5 Å². The Labute approximate surface area is 136 Å². The number of likely N-dealkylation sites (N-methyl/N-ethyl adjacent to an activating group) is 1. The lowest BCUT2D eigenvalue weighted by Crippen LogP contribution is -2.26. The topological polar surface area (TPSA) is 126 Å². The maximum absolute atomic E-state index is 12.1. The lowest BCUT2D eigenvalue weighted by molar-refractivity contribution is -0.446. The molecule has 0 bridgehead atoms. The summed E-state index contributed by atoms with van der Waals surface area (Å²) in [5, 5.41) is 9.50. The van der Waals surface area contributed by atoms with Crippen molar-refractivity contribution in [2.24, 2.45) is 0 Å². The number of hydrogen-bond acceptors (Lipinski definition) is 6. The number of hydrazine groups is 1. The summed E-state index contributed by atoms with van der Waals surface area (Å²) in [6, 6.07) is 3.23. The predicted octanol–water partition coefficient (Wildman–Crippen LogP) is -0.312. The van der Waals surface area contributed by atoms with Gasteiger partial charge < -0.3 is 9.47 Å². The first kappa shape index (κ1) is 17.3. The van der Waals surface area contributed by atoms with Crippen molar-refractivity contribution in [3.05, 3.63) is 66.5 Å². The standard InChI is InChI=1S/C14H18N6O4/c1-18(2)5-6-19-4-3-10(8-12(19)21)7-11-9-15-14(16-13(11)22)17-20(23)24/h3-4,8-9H,5-7H2,1-2H3,(H2,15,16,17,22). The molecule has 2 N–H and O–H groups in total. The molecule has 2 rings (SSSR count). The van der Waals surface area contributed by atoms with E-state index in [0.29, 0.717) is 17.7 Å². The molecule has 0 saturated carbocycles. The summed E-state index contributed by atoms with van der Waals surface area (Å²) in [6.45, 7) is 1.32. The molecule has 2 aromatic rings. The molecule has 0 radical (unpaired) electrons. The molecule has 128 valence electrons. The number of hydrogen-bond donors (Lipinski definition) is 2. The number of nitro groups is 1. The third kappa shape index (κ3) is 4.74. The van der Waals surface area contributed by atoms with Gasteiger partial charge in [0.2, 0.25) is 0 Å². The summed E-state index contributed by atoms with van der Waals surface area (Å²) < 4.78 is 1.59. The molecule has 0 aromatic carbocycles. The van der Waals surface area contributed by atoms with Crippen LogP contribution in [-0.4, -0.2) is 45.1 Å². The van der Waals surface area contributed by atoms with Crippen LogP contribution in [-0.2, 0) is 13.0 Å². The van der Waals surface area contributed by atoms with Gasteiger partial charge in [0.05, 0.1) is 0 Å². The second kappa shape index (κ2) is 7.51. The maximum Gasteiger partial charge on any atom is 0.265 e. The fourth-order valence-electron chi connectivity index (χ4n) is 2.06. The zero-order valence-corrected chi connectivity index (χ0v) is 13.4. The minimum Gasteiger partial charge on any atom is -0.314 e. The van der Waals surface area contributed by atoms with Crippen LogP contribution >= 0.6 is 0 Å². The predicted molar refractivity (Wildman–Crippen MR) is 87.5 cm³/mol. The van der Waals surface area contributed by atoms with Crippen LogP contribution in [0.1, 0.15) is 11.1 Å². The molecule has 10 nitrogen and oxygen atoms in total. The molecular formula is C14H18N6O4. The lowest BCUT2D eigenvalue weighted by Gasteiger charge is -2.11. The van der Waals surface area contributed by atoms with Crippen molar-refractivity contribution >= 4 is 5.95 Å². The molecule has 0 aliphatic carbocycles. The monoisotopic (exact) mass is 334 g/mol. The molecule has 2 aromatic heterocycles. The highest BCUT2D eigenvalue weighted by molar-refractivity contribution is 5.25. The van der Waals surface area contributed by atoms with Crippen molar-refractivity contribution in [1.82, 2.24) is 19.4 Å². The molecule has 0 aliphatic rings. The second-order valence-electron chi connectivity index (χ2n) is 5.50. The highest BCUT2D eigenvalue weighted by Crippen LogP contribution is 2.04. The third-order valence-corrected chi connectivity index (χ3v) is 3.31. The van der Waals surface area contributed by atoms with Crippen LogP contribution in [0, 0.1) is 10.1 Å². The largest absolute Gasteiger partial charge is 0.314 e. The number of anilines is 1. The number of nitrogens with zero attached hydrogens (tertiary/aromatic N) is 4. The molecule has 0 saturated heterocycles. The number of nitrogens with one attached hydrogen (secondary N) is 2. The Hall–Kier alpha value is -3.01. The van der Waals surface area contributed by atoms with Crippen molar-refractivity contribution < 1.29 is 5.03 Å². The van der Waals surface area contributed by atoms with Crippen LogP contribution in [0.25, 0.3) is 0 Å². The third-order valence-electron chi connectivity index (χ3n) is 3.31. The van der Waals surface area contributed by atoms with E-state index in [-0.39, 0.29) is 17.9 Å². The van der Waals surface area contributed by atoms with Crippen LogP contribution in [0.4, 0.5) is 5.95 Å². The van der Waals surface area contributed by atoms with Gasteiger partial charge >= 0.3 is 0 Å². The molecule has 24 heavy (non-hydrogen) atoms. The first-order valence-electron chi connectivity index (χ1n) is 7.18. The molecule has 2 heterocycles. The van der Waals surface area contributed by atoms with Crippen molar-refractivity contribution in [1.29, 1.82) is 0 Å². The molecule has 10 heteroatoms. The summed E-state index contributed by atoms with van der Waals surface area (Å²) in [7, 11) is 3.85. The first-order valence-corrected chi connectivity index (χ1v) is 7.18. The van der Waals surface area contributed by atoms with Gasteiger partial charge in [-0.25, -0.2) is 15.1 Å². The van der Waals surface area contributed by atoms with Crippen LogP contribution in [0.5, 0.6) is 0 Å². The second-order valence-corrected chi connectivity index (χ2v) is 5.50. The van der Waals surface area contributed by atoms with E-state index in [2.05, 4.69) is 9.97 Å². The van der Waals surface area contributed by atoms with Crippen molar-refractivity contribution in [3.63, 3.8) is 0 Å². The normalized spacial score (nSPS) is 10.8. The fourth-order valence-corrected chi connectivity index (χ4v) is 2.06. The van der Waals surface area contributed by atoms with Crippen LogP contribution in [0.3, 0.4) is 0 Å². The Morgan fingerprint density at radius 2 is 2.17 bits per heavy atom. The molecular weight excluding hydrogens is 316 g/mol. The average molecular weight is 334 g/mol. The van der Waals surface area contributed by atoms with Gasteiger partial charge in [-0.05, 0) is 25.7 Å². The van der Waals surface area contributed by atoms with Gasteiger partial charge in [0.15, 0.2) is 5.03 Å². The summed E-state index contributed by atoms with van der Waals surface area (Å²) in [5.74, 6) is -0.243. The first-order chi connectivity index (χ1) is 11.3. The van der Waals surface area contributed by atoms with Gasteiger partial charge in [-0.3, -0.25) is 14.6 Å². The summed E-state index contributed by atoms with van der Waals surface area (Å²) in [6.07, 6.45) is 3.15. The average Bonchev–Trinajstić information content (AvgIpc) is 2.48. The number of H-pyrrole nitrogens is 1. The van der Waals surface area contributed by atoms with E-state index in [0.717, 1.165) is 6.54 Å². The summed E-state index contributed by atoms with van der Waals surface area (Å²) >= 11 is 0. The molecule has 0 unspecified atom stereocenters.